The Morgan fingerprint density at radius 1 is 1.00 bits per heavy atom. The third kappa shape index (κ3) is 2.26. The van der Waals surface area contributed by atoms with E-state index < -0.39 is 0 Å². The van der Waals surface area contributed by atoms with Crippen molar-refractivity contribution in [1.82, 2.24) is 9.88 Å². The third-order valence-electron chi connectivity index (χ3n) is 6.40. The molecule has 0 radical (unpaired) electrons. The van der Waals surface area contributed by atoms with Crippen LogP contribution in [0.2, 0.25) is 0 Å². The maximum absolute atomic E-state index is 9.56. The first-order valence-electron chi connectivity index (χ1n) is 9.27. The van der Waals surface area contributed by atoms with Gasteiger partial charge in [-0.3, -0.25) is 4.90 Å². The van der Waals surface area contributed by atoms with Crippen molar-refractivity contribution >= 4 is 5.82 Å². The van der Waals surface area contributed by atoms with Crippen molar-refractivity contribution in [2.24, 2.45) is 5.92 Å². The van der Waals surface area contributed by atoms with Gasteiger partial charge < -0.3 is 4.90 Å². The van der Waals surface area contributed by atoms with Gasteiger partial charge in [0.1, 0.15) is 11.9 Å². The van der Waals surface area contributed by atoms with Crippen LogP contribution in [0.5, 0.6) is 0 Å². The highest BCUT2D eigenvalue weighted by Gasteiger charge is 2.53. The van der Waals surface area contributed by atoms with Gasteiger partial charge in [0, 0.05) is 30.7 Å². The van der Waals surface area contributed by atoms with E-state index in [0.29, 0.717) is 23.6 Å². The first-order chi connectivity index (χ1) is 12.4. The predicted molar refractivity (Wildman–Crippen MR) is 97.4 cm³/mol. The molecule has 2 bridgehead atoms. The average Bonchev–Trinajstić information content (AvgIpc) is 3.12. The molecular weight excluding hydrogens is 308 g/mol. The van der Waals surface area contributed by atoms with E-state index in [1.807, 2.05) is 18.3 Å². The highest BCUT2D eigenvalue weighted by molar-refractivity contribution is 5.57. The smallest absolute Gasteiger partial charge is 0.146 e. The molecule has 0 amide bonds. The molecule has 4 saturated heterocycles. The van der Waals surface area contributed by atoms with Crippen LogP contribution in [0, 0.1) is 17.2 Å². The van der Waals surface area contributed by atoms with Crippen LogP contribution < -0.4 is 4.90 Å². The van der Waals surface area contributed by atoms with Crippen molar-refractivity contribution < 1.29 is 0 Å². The Hall–Kier alpha value is -2.38. The van der Waals surface area contributed by atoms with Crippen molar-refractivity contribution in [1.29, 1.82) is 5.26 Å². The summed E-state index contributed by atoms with van der Waals surface area (Å²) >= 11 is 0. The van der Waals surface area contributed by atoms with Crippen molar-refractivity contribution in [2.75, 3.05) is 24.5 Å². The lowest BCUT2D eigenvalue weighted by molar-refractivity contribution is 0.0354. The lowest BCUT2D eigenvalue weighted by Crippen LogP contribution is -2.60. The lowest BCUT2D eigenvalue weighted by atomic mass is 9.75. The second kappa shape index (κ2) is 5.86. The molecule has 25 heavy (non-hydrogen) atoms. The van der Waals surface area contributed by atoms with Crippen LogP contribution >= 0.6 is 0 Å². The van der Waals surface area contributed by atoms with Gasteiger partial charge in [0.25, 0.3) is 0 Å². The SMILES string of the molecule is N#Cc1cccnc1N1C[C@H](c2ccccc2)[C@@H]2[C@H]1C1CCN2CC1. The molecule has 0 spiro atoms. The zero-order chi connectivity index (χ0) is 16.8. The molecule has 0 N–H and O–H groups in total. The minimum absolute atomic E-state index is 0.481. The Bertz CT molecular complexity index is 804. The highest BCUT2D eigenvalue weighted by atomic mass is 15.3. The van der Waals surface area contributed by atoms with Gasteiger partial charge in [-0.1, -0.05) is 30.3 Å². The molecule has 0 aliphatic carbocycles. The molecular formula is C21H22N4. The van der Waals surface area contributed by atoms with Gasteiger partial charge in [0.05, 0.1) is 5.56 Å². The molecule has 3 atom stereocenters. The van der Waals surface area contributed by atoms with Gasteiger partial charge in [0.2, 0.25) is 0 Å². The zero-order valence-corrected chi connectivity index (χ0v) is 14.3. The molecule has 4 heteroatoms. The summed E-state index contributed by atoms with van der Waals surface area (Å²) in [4.78, 5) is 9.77. The van der Waals surface area contributed by atoms with Gasteiger partial charge in [-0.15, -0.1) is 0 Å². The number of hydrogen-bond donors (Lipinski definition) is 0. The monoisotopic (exact) mass is 330 g/mol. The average molecular weight is 330 g/mol. The minimum Gasteiger partial charge on any atom is -0.350 e. The van der Waals surface area contributed by atoms with E-state index in [-0.39, 0.29) is 0 Å². The second-order valence-corrected chi connectivity index (χ2v) is 7.51. The molecule has 5 heterocycles. The summed E-state index contributed by atoms with van der Waals surface area (Å²) in [5.74, 6) is 2.09. The predicted octanol–water partition coefficient (Wildman–Crippen LogP) is 3.02. The molecule has 1 aromatic carbocycles. The summed E-state index contributed by atoms with van der Waals surface area (Å²) in [5.41, 5.74) is 2.12. The normalized spacial score (nSPS) is 33.1. The van der Waals surface area contributed by atoms with E-state index in [1.165, 1.54) is 31.5 Å². The van der Waals surface area contributed by atoms with Gasteiger partial charge in [-0.05, 0) is 49.5 Å². The summed E-state index contributed by atoms with van der Waals surface area (Å²) in [6, 6.07) is 18.0. The Morgan fingerprint density at radius 2 is 1.80 bits per heavy atom. The number of hydrogen-bond acceptors (Lipinski definition) is 4. The second-order valence-electron chi connectivity index (χ2n) is 7.51. The van der Waals surface area contributed by atoms with E-state index in [4.69, 9.17) is 0 Å². The Morgan fingerprint density at radius 3 is 2.56 bits per heavy atom. The molecule has 2 aromatic rings. The number of fused-ring (bicyclic) bond motifs is 2. The van der Waals surface area contributed by atoms with Crippen molar-refractivity contribution in [3.63, 3.8) is 0 Å². The zero-order valence-electron chi connectivity index (χ0n) is 14.3. The fourth-order valence-electron chi connectivity index (χ4n) is 5.37. The number of piperidine rings is 3. The van der Waals surface area contributed by atoms with E-state index in [0.717, 1.165) is 18.3 Å². The molecule has 126 valence electrons. The van der Waals surface area contributed by atoms with Crippen LogP contribution in [0.1, 0.15) is 29.9 Å². The highest BCUT2D eigenvalue weighted by Crippen LogP contribution is 2.47. The van der Waals surface area contributed by atoms with E-state index in [1.54, 1.807) is 0 Å². The summed E-state index contributed by atoms with van der Waals surface area (Å²) in [6.07, 6.45) is 4.37. The molecule has 4 aliphatic heterocycles. The number of aromatic nitrogens is 1. The van der Waals surface area contributed by atoms with Gasteiger partial charge in [-0.2, -0.15) is 5.26 Å². The van der Waals surface area contributed by atoms with Crippen LogP contribution in [0.15, 0.2) is 48.7 Å². The summed E-state index contributed by atoms with van der Waals surface area (Å²) in [6.45, 7) is 3.39. The third-order valence-corrected chi connectivity index (χ3v) is 6.40. The summed E-state index contributed by atoms with van der Waals surface area (Å²) in [5, 5.41) is 9.56. The molecule has 4 nitrogen and oxygen atoms in total. The van der Waals surface area contributed by atoms with Crippen molar-refractivity contribution in [3.05, 3.63) is 59.8 Å². The molecule has 6 rings (SSSR count). The lowest BCUT2D eigenvalue weighted by Gasteiger charge is -2.51. The van der Waals surface area contributed by atoms with Crippen LogP contribution in [0.4, 0.5) is 5.82 Å². The van der Waals surface area contributed by atoms with Crippen LogP contribution in [-0.4, -0.2) is 41.6 Å². The Labute approximate surface area is 148 Å². The van der Waals surface area contributed by atoms with Crippen LogP contribution in [0.25, 0.3) is 0 Å². The fourth-order valence-corrected chi connectivity index (χ4v) is 5.37. The molecule has 4 fully saturated rings. The number of nitrogens with zero attached hydrogens (tertiary/aromatic N) is 4. The molecule has 1 aromatic heterocycles. The summed E-state index contributed by atoms with van der Waals surface area (Å²) in [7, 11) is 0. The first-order valence-corrected chi connectivity index (χ1v) is 9.27. The Kier molecular flexibility index (Phi) is 3.50. The van der Waals surface area contributed by atoms with E-state index in [9.17, 15) is 5.26 Å². The van der Waals surface area contributed by atoms with Crippen molar-refractivity contribution in [3.8, 4) is 6.07 Å². The topological polar surface area (TPSA) is 43.2 Å². The largest absolute Gasteiger partial charge is 0.350 e. The van der Waals surface area contributed by atoms with E-state index in [2.05, 4.69) is 51.2 Å². The van der Waals surface area contributed by atoms with Gasteiger partial charge in [0.15, 0.2) is 0 Å². The Balaban J connectivity index is 1.60. The number of pyridine rings is 1. The number of rotatable bonds is 2. The maximum Gasteiger partial charge on any atom is 0.146 e. The number of anilines is 1. The number of benzene rings is 1. The van der Waals surface area contributed by atoms with Crippen LogP contribution in [-0.2, 0) is 0 Å². The van der Waals surface area contributed by atoms with Gasteiger partial charge >= 0.3 is 0 Å². The first kappa shape index (κ1) is 14.9. The molecule has 0 saturated carbocycles. The van der Waals surface area contributed by atoms with Crippen LogP contribution in [0.3, 0.4) is 0 Å². The quantitative estimate of drug-likeness (QED) is 0.849. The molecule has 4 aliphatic rings. The fraction of sp³-hybridized carbons (Fsp3) is 0.429. The number of nitriles is 1. The van der Waals surface area contributed by atoms with Gasteiger partial charge in [-0.25, -0.2) is 4.98 Å². The van der Waals surface area contributed by atoms with E-state index >= 15 is 0 Å². The van der Waals surface area contributed by atoms with Crippen molar-refractivity contribution in [2.45, 2.75) is 30.8 Å². The standard InChI is InChI=1S/C21H22N4/c22-13-17-7-4-10-23-21(17)25-14-18(15-5-2-1-3-6-15)20-19(25)16-8-11-24(20)12-9-16/h1-7,10,16,18-20H,8-9,11-12,14H2/t18-,19-,20-/m1/s1. The minimum atomic E-state index is 0.481. The summed E-state index contributed by atoms with van der Waals surface area (Å²) < 4.78 is 0. The molecule has 0 unspecified atom stereocenters. The maximum atomic E-state index is 9.56.